The van der Waals surface area contributed by atoms with Crippen LogP contribution in [0.2, 0.25) is 0 Å². The molecule has 0 fully saturated rings. The van der Waals surface area contributed by atoms with E-state index in [9.17, 15) is 0 Å². The first kappa shape index (κ1) is 15.2. The van der Waals surface area contributed by atoms with Gasteiger partial charge in [0.05, 0.1) is 3.57 Å². The van der Waals surface area contributed by atoms with Crippen molar-refractivity contribution in [3.05, 3.63) is 36.9 Å². The van der Waals surface area contributed by atoms with Gasteiger partial charge in [-0.15, -0.1) is 0 Å². The minimum atomic E-state index is 0.729. The zero-order valence-electron chi connectivity index (χ0n) is 10.3. The van der Waals surface area contributed by atoms with E-state index in [2.05, 4.69) is 76.7 Å². The number of hydrogen-bond donors (Lipinski definition) is 1. The van der Waals surface area contributed by atoms with Crippen LogP contribution in [0.4, 0.5) is 5.82 Å². The Labute approximate surface area is 143 Å². The molecule has 0 aliphatic carbocycles. The number of rotatable bonds is 4. The summed E-state index contributed by atoms with van der Waals surface area (Å²) in [5, 5.41) is 3.32. The highest BCUT2D eigenvalue weighted by molar-refractivity contribution is 14.1. The zero-order chi connectivity index (χ0) is 13.8. The molecule has 1 N–H and O–H groups in total. The summed E-state index contributed by atoms with van der Waals surface area (Å²) < 4.78 is 3.05. The molecule has 2 rings (SSSR count). The molecule has 19 heavy (non-hydrogen) atoms. The van der Waals surface area contributed by atoms with Crippen LogP contribution < -0.4 is 5.32 Å². The molecule has 0 atom stereocenters. The van der Waals surface area contributed by atoms with Crippen LogP contribution in [0.1, 0.15) is 13.3 Å². The van der Waals surface area contributed by atoms with Gasteiger partial charge in [0, 0.05) is 27.3 Å². The van der Waals surface area contributed by atoms with Gasteiger partial charge in [0.2, 0.25) is 0 Å². The predicted octanol–water partition coefficient (Wildman–Crippen LogP) is 5.10. The first-order valence-corrected chi connectivity index (χ1v) is 8.50. The van der Waals surface area contributed by atoms with Crippen molar-refractivity contribution in [3.8, 4) is 11.4 Å². The second kappa shape index (κ2) is 6.99. The van der Waals surface area contributed by atoms with Gasteiger partial charge in [-0.1, -0.05) is 6.92 Å². The fraction of sp³-hybridized carbons (Fsp3) is 0.231. The number of aromatic nitrogens is 2. The summed E-state index contributed by atoms with van der Waals surface area (Å²) >= 11 is 9.20. The Kier molecular flexibility index (Phi) is 5.58. The number of hydrogen-bond acceptors (Lipinski definition) is 3. The van der Waals surface area contributed by atoms with E-state index in [0.29, 0.717) is 0 Å². The van der Waals surface area contributed by atoms with E-state index in [1.54, 1.807) is 0 Å². The lowest BCUT2D eigenvalue weighted by atomic mass is 10.2. The Morgan fingerprint density at radius 3 is 2.74 bits per heavy atom. The van der Waals surface area contributed by atoms with Crippen LogP contribution in [0.25, 0.3) is 11.4 Å². The van der Waals surface area contributed by atoms with Crippen LogP contribution in [-0.2, 0) is 0 Å². The number of benzene rings is 1. The standard InChI is InChI=1S/C13H12Br2IN3/c1-2-5-17-13-11(16)7-18-12(19-13)8-3-4-9(14)10(15)6-8/h3-4,6-7H,2,5H2,1H3,(H,17,18,19). The van der Waals surface area contributed by atoms with Gasteiger partial charge < -0.3 is 5.32 Å². The SMILES string of the molecule is CCCNc1nc(-c2ccc(Br)c(Br)c2)ncc1I. The maximum atomic E-state index is 4.58. The first-order chi connectivity index (χ1) is 9.11. The molecule has 0 amide bonds. The van der Waals surface area contributed by atoms with Crippen LogP contribution in [0, 0.1) is 3.57 Å². The molecular weight excluding hydrogens is 485 g/mol. The summed E-state index contributed by atoms with van der Waals surface area (Å²) in [4.78, 5) is 8.98. The summed E-state index contributed by atoms with van der Waals surface area (Å²) in [5.41, 5.74) is 0.992. The fourth-order valence-electron chi connectivity index (χ4n) is 1.51. The monoisotopic (exact) mass is 495 g/mol. The van der Waals surface area contributed by atoms with Crippen LogP contribution in [-0.4, -0.2) is 16.5 Å². The van der Waals surface area contributed by atoms with Crippen LogP contribution in [0.15, 0.2) is 33.3 Å². The summed E-state index contributed by atoms with van der Waals surface area (Å²) in [7, 11) is 0. The van der Waals surface area contributed by atoms with Crippen LogP contribution >= 0.6 is 54.5 Å². The van der Waals surface area contributed by atoms with Gasteiger partial charge in [-0.2, -0.15) is 0 Å². The maximum absolute atomic E-state index is 4.58. The highest BCUT2D eigenvalue weighted by Gasteiger charge is 2.08. The summed E-state index contributed by atoms with van der Waals surface area (Å²) in [6.07, 6.45) is 2.91. The van der Waals surface area contributed by atoms with E-state index >= 15 is 0 Å². The number of halogens is 3. The van der Waals surface area contributed by atoms with Crippen LogP contribution in [0.3, 0.4) is 0 Å². The topological polar surface area (TPSA) is 37.8 Å². The average Bonchev–Trinajstić information content (AvgIpc) is 2.41. The molecule has 0 radical (unpaired) electrons. The molecule has 0 bridgehead atoms. The van der Waals surface area contributed by atoms with Crippen molar-refractivity contribution in [2.45, 2.75) is 13.3 Å². The van der Waals surface area contributed by atoms with Crippen LogP contribution in [0.5, 0.6) is 0 Å². The van der Waals surface area contributed by atoms with E-state index in [4.69, 9.17) is 0 Å². The first-order valence-electron chi connectivity index (χ1n) is 5.83. The molecule has 0 spiro atoms. The highest BCUT2D eigenvalue weighted by atomic mass is 127. The Bertz CT molecular complexity index is 590. The zero-order valence-corrected chi connectivity index (χ0v) is 15.6. The van der Waals surface area contributed by atoms with Crippen molar-refractivity contribution in [2.24, 2.45) is 0 Å². The van der Waals surface area contributed by atoms with Gasteiger partial charge in [0.1, 0.15) is 5.82 Å². The lowest BCUT2D eigenvalue weighted by Gasteiger charge is -2.08. The summed E-state index contributed by atoms with van der Waals surface area (Å²) in [6.45, 7) is 3.05. The largest absolute Gasteiger partial charge is 0.369 e. The molecular formula is C13H12Br2IN3. The van der Waals surface area contributed by atoms with Gasteiger partial charge in [0.15, 0.2) is 5.82 Å². The number of anilines is 1. The van der Waals surface area contributed by atoms with Gasteiger partial charge in [0.25, 0.3) is 0 Å². The second-order valence-electron chi connectivity index (χ2n) is 3.95. The fourth-order valence-corrected chi connectivity index (χ4v) is 2.58. The molecule has 0 saturated heterocycles. The Morgan fingerprint density at radius 1 is 1.26 bits per heavy atom. The smallest absolute Gasteiger partial charge is 0.161 e. The molecule has 0 unspecified atom stereocenters. The van der Waals surface area contributed by atoms with E-state index in [-0.39, 0.29) is 0 Å². The quantitative estimate of drug-likeness (QED) is 0.599. The summed E-state index contributed by atoms with van der Waals surface area (Å²) in [6, 6.07) is 6.00. The average molecular weight is 497 g/mol. The molecule has 0 aliphatic rings. The van der Waals surface area contributed by atoms with Crippen molar-refractivity contribution in [1.29, 1.82) is 0 Å². The van der Waals surface area contributed by atoms with E-state index in [0.717, 1.165) is 42.7 Å². The van der Waals surface area contributed by atoms with Crippen molar-refractivity contribution in [1.82, 2.24) is 9.97 Å². The second-order valence-corrected chi connectivity index (χ2v) is 6.82. The van der Waals surface area contributed by atoms with Crippen molar-refractivity contribution >= 4 is 60.3 Å². The van der Waals surface area contributed by atoms with Gasteiger partial charge >= 0.3 is 0 Å². The van der Waals surface area contributed by atoms with E-state index in [1.165, 1.54) is 0 Å². The Hall–Kier alpha value is -0.210. The Balaban J connectivity index is 2.36. The molecule has 1 aromatic heterocycles. The molecule has 1 heterocycles. The summed E-state index contributed by atoms with van der Waals surface area (Å²) in [5.74, 6) is 1.62. The van der Waals surface area contributed by atoms with Crippen molar-refractivity contribution in [3.63, 3.8) is 0 Å². The van der Waals surface area contributed by atoms with E-state index < -0.39 is 0 Å². The lowest BCUT2D eigenvalue weighted by Crippen LogP contribution is -2.05. The minimum Gasteiger partial charge on any atom is -0.369 e. The molecule has 3 nitrogen and oxygen atoms in total. The minimum absolute atomic E-state index is 0.729. The number of nitrogens with zero attached hydrogens (tertiary/aromatic N) is 2. The third-order valence-electron chi connectivity index (χ3n) is 2.46. The molecule has 2 aromatic rings. The molecule has 0 saturated carbocycles. The third kappa shape index (κ3) is 3.88. The van der Waals surface area contributed by atoms with Gasteiger partial charge in [-0.05, 0) is 79.1 Å². The maximum Gasteiger partial charge on any atom is 0.161 e. The molecule has 1 aromatic carbocycles. The molecule has 100 valence electrons. The van der Waals surface area contributed by atoms with Crippen molar-refractivity contribution in [2.75, 3.05) is 11.9 Å². The third-order valence-corrected chi connectivity index (χ3v) is 5.13. The predicted molar refractivity (Wildman–Crippen MR) is 94.4 cm³/mol. The Morgan fingerprint density at radius 2 is 2.05 bits per heavy atom. The molecule has 0 aliphatic heterocycles. The van der Waals surface area contributed by atoms with Gasteiger partial charge in [-0.3, -0.25) is 0 Å². The van der Waals surface area contributed by atoms with Crippen molar-refractivity contribution < 1.29 is 0 Å². The lowest BCUT2D eigenvalue weighted by molar-refractivity contribution is 0.963. The van der Waals surface area contributed by atoms with E-state index in [1.807, 2.05) is 24.4 Å². The van der Waals surface area contributed by atoms with Gasteiger partial charge in [-0.25, -0.2) is 9.97 Å². The highest BCUT2D eigenvalue weighted by Crippen LogP contribution is 2.28. The molecule has 6 heteroatoms. The number of nitrogens with one attached hydrogen (secondary N) is 1. The normalized spacial score (nSPS) is 10.5.